The molecule has 2 aromatic carbocycles. The summed E-state index contributed by atoms with van der Waals surface area (Å²) in [6, 6.07) is 12.4. The van der Waals surface area contributed by atoms with Gasteiger partial charge in [0, 0.05) is 12.2 Å². The number of carbonyl (C=O) groups is 1. The second-order valence-electron chi connectivity index (χ2n) is 7.64. The zero-order valence-electron chi connectivity index (χ0n) is 16.7. The van der Waals surface area contributed by atoms with E-state index in [9.17, 15) is 13.2 Å². The number of aryl methyl sites for hydroxylation is 2. The molecule has 0 heterocycles. The third kappa shape index (κ3) is 4.22. The highest BCUT2D eigenvalue weighted by molar-refractivity contribution is 7.92. The molecule has 0 unspecified atom stereocenters. The molecule has 3 rings (SSSR count). The van der Waals surface area contributed by atoms with Crippen molar-refractivity contribution in [2.45, 2.75) is 56.8 Å². The average Bonchev–Trinajstić information content (AvgIpc) is 3.44. The van der Waals surface area contributed by atoms with E-state index in [0.717, 1.165) is 36.8 Å². The van der Waals surface area contributed by atoms with Crippen molar-refractivity contribution in [3.05, 3.63) is 59.2 Å². The molecule has 150 valence electrons. The van der Waals surface area contributed by atoms with Gasteiger partial charge in [-0.25, -0.2) is 8.42 Å². The number of hydrogen-bond donors (Lipinski definition) is 2. The lowest BCUT2D eigenvalue weighted by atomic mass is 9.94. The topological polar surface area (TPSA) is 75.3 Å². The molecule has 0 bridgehead atoms. The van der Waals surface area contributed by atoms with Crippen LogP contribution in [0.1, 0.15) is 49.3 Å². The predicted octanol–water partition coefficient (Wildman–Crippen LogP) is 4.05. The van der Waals surface area contributed by atoms with Gasteiger partial charge in [-0.1, -0.05) is 43.2 Å². The lowest BCUT2D eigenvalue weighted by molar-refractivity contribution is -0.123. The molecule has 28 heavy (non-hydrogen) atoms. The van der Waals surface area contributed by atoms with Crippen LogP contribution in [0, 0.1) is 13.8 Å². The molecule has 1 aliphatic carbocycles. The molecular formula is C22H28N2O3S. The molecular weight excluding hydrogens is 372 g/mol. The number of amides is 1. The molecule has 0 saturated heterocycles. The monoisotopic (exact) mass is 400 g/mol. The van der Waals surface area contributed by atoms with Crippen LogP contribution in [0.25, 0.3) is 0 Å². The SMILES string of the molecule is CCCCNC(=O)C1(c2ccc(NS(=O)(=O)c3ccc(C)cc3C)cc2)CC1. The van der Waals surface area contributed by atoms with Crippen molar-refractivity contribution in [2.75, 3.05) is 11.3 Å². The number of rotatable bonds is 8. The normalized spacial score (nSPS) is 15.1. The van der Waals surface area contributed by atoms with E-state index in [0.29, 0.717) is 17.8 Å². The molecule has 1 fully saturated rings. The van der Waals surface area contributed by atoms with Crippen molar-refractivity contribution in [3.8, 4) is 0 Å². The Hall–Kier alpha value is -2.34. The number of nitrogens with one attached hydrogen (secondary N) is 2. The molecule has 0 atom stereocenters. The fraction of sp³-hybridized carbons (Fsp3) is 0.409. The van der Waals surface area contributed by atoms with Gasteiger partial charge in [0.25, 0.3) is 10.0 Å². The summed E-state index contributed by atoms with van der Waals surface area (Å²) in [7, 11) is -3.65. The van der Waals surface area contributed by atoms with E-state index in [-0.39, 0.29) is 10.8 Å². The first-order chi connectivity index (χ1) is 13.3. The quantitative estimate of drug-likeness (QED) is 0.657. The van der Waals surface area contributed by atoms with E-state index in [4.69, 9.17) is 0 Å². The van der Waals surface area contributed by atoms with E-state index >= 15 is 0 Å². The highest BCUT2D eigenvalue weighted by Crippen LogP contribution is 2.48. The number of carbonyl (C=O) groups excluding carboxylic acids is 1. The zero-order valence-corrected chi connectivity index (χ0v) is 17.5. The maximum atomic E-state index is 12.7. The summed E-state index contributed by atoms with van der Waals surface area (Å²) in [6.07, 6.45) is 3.68. The van der Waals surface area contributed by atoms with Gasteiger partial charge in [-0.3, -0.25) is 9.52 Å². The molecule has 0 spiro atoms. The van der Waals surface area contributed by atoms with Crippen LogP contribution in [0.2, 0.25) is 0 Å². The molecule has 6 heteroatoms. The van der Waals surface area contributed by atoms with Crippen LogP contribution in [-0.2, 0) is 20.2 Å². The number of anilines is 1. The molecule has 2 aromatic rings. The van der Waals surface area contributed by atoms with E-state index in [1.165, 1.54) is 0 Å². The van der Waals surface area contributed by atoms with Crippen LogP contribution in [0.15, 0.2) is 47.4 Å². The van der Waals surface area contributed by atoms with Crippen molar-refractivity contribution in [3.63, 3.8) is 0 Å². The third-order valence-electron chi connectivity index (χ3n) is 5.31. The number of unbranched alkanes of at least 4 members (excludes halogenated alkanes) is 1. The molecule has 0 aromatic heterocycles. The van der Waals surface area contributed by atoms with E-state index < -0.39 is 15.4 Å². The first-order valence-electron chi connectivity index (χ1n) is 9.77. The van der Waals surface area contributed by atoms with Crippen molar-refractivity contribution < 1.29 is 13.2 Å². The van der Waals surface area contributed by atoms with Crippen molar-refractivity contribution in [2.24, 2.45) is 0 Å². The molecule has 1 amide bonds. The summed E-state index contributed by atoms with van der Waals surface area (Å²) in [6.45, 7) is 6.52. The minimum atomic E-state index is -3.65. The van der Waals surface area contributed by atoms with Crippen LogP contribution in [0.4, 0.5) is 5.69 Å². The van der Waals surface area contributed by atoms with Crippen molar-refractivity contribution in [1.82, 2.24) is 5.32 Å². The summed E-state index contributed by atoms with van der Waals surface area (Å²) >= 11 is 0. The molecule has 1 aliphatic rings. The fourth-order valence-electron chi connectivity index (χ4n) is 3.49. The third-order valence-corrected chi connectivity index (χ3v) is 6.85. The fourth-order valence-corrected chi connectivity index (χ4v) is 4.77. The molecule has 1 saturated carbocycles. The van der Waals surface area contributed by atoms with Crippen LogP contribution >= 0.6 is 0 Å². The molecule has 0 aliphatic heterocycles. The van der Waals surface area contributed by atoms with E-state index in [1.54, 1.807) is 31.2 Å². The van der Waals surface area contributed by atoms with Crippen LogP contribution in [0.5, 0.6) is 0 Å². The van der Waals surface area contributed by atoms with E-state index in [2.05, 4.69) is 17.0 Å². The Morgan fingerprint density at radius 2 is 1.75 bits per heavy atom. The first kappa shape index (κ1) is 20.4. The summed E-state index contributed by atoms with van der Waals surface area (Å²) in [4.78, 5) is 12.8. The van der Waals surface area contributed by atoms with E-state index in [1.807, 2.05) is 25.1 Å². The van der Waals surface area contributed by atoms with Gasteiger partial charge in [-0.05, 0) is 62.4 Å². The van der Waals surface area contributed by atoms with Gasteiger partial charge in [0.15, 0.2) is 0 Å². The Balaban J connectivity index is 1.73. The lowest BCUT2D eigenvalue weighted by Crippen LogP contribution is -2.35. The minimum absolute atomic E-state index is 0.0737. The second-order valence-corrected chi connectivity index (χ2v) is 9.29. The van der Waals surface area contributed by atoms with Crippen molar-refractivity contribution in [1.29, 1.82) is 0 Å². The summed E-state index contributed by atoms with van der Waals surface area (Å²) in [5.41, 5.74) is 2.72. The lowest BCUT2D eigenvalue weighted by Gasteiger charge is -2.17. The smallest absolute Gasteiger partial charge is 0.262 e. The van der Waals surface area contributed by atoms with Gasteiger partial charge in [0.1, 0.15) is 0 Å². The highest BCUT2D eigenvalue weighted by atomic mass is 32.2. The first-order valence-corrected chi connectivity index (χ1v) is 11.3. The molecule has 5 nitrogen and oxygen atoms in total. The minimum Gasteiger partial charge on any atom is -0.355 e. The maximum absolute atomic E-state index is 12.7. The van der Waals surface area contributed by atoms with Gasteiger partial charge in [0.05, 0.1) is 10.3 Å². The Kier molecular flexibility index (Phi) is 5.79. The summed E-state index contributed by atoms with van der Waals surface area (Å²) in [5, 5.41) is 3.02. The predicted molar refractivity (Wildman–Crippen MR) is 112 cm³/mol. The summed E-state index contributed by atoms with van der Waals surface area (Å²) < 4.78 is 28.1. The molecule has 0 radical (unpaired) electrons. The van der Waals surface area contributed by atoms with Gasteiger partial charge in [-0.15, -0.1) is 0 Å². The number of benzene rings is 2. The number of hydrogen-bond acceptors (Lipinski definition) is 3. The van der Waals surface area contributed by atoms with Gasteiger partial charge in [-0.2, -0.15) is 0 Å². The summed E-state index contributed by atoms with van der Waals surface area (Å²) in [5.74, 6) is 0.0737. The standard InChI is InChI=1S/C22H28N2O3S/c1-4-5-14-23-21(25)22(12-13-22)18-7-9-19(10-8-18)24-28(26,27)20-11-6-16(2)15-17(20)3/h6-11,15,24H,4-5,12-14H2,1-3H3,(H,23,25). The van der Waals surface area contributed by atoms with Gasteiger partial charge in [0.2, 0.25) is 5.91 Å². The van der Waals surface area contributed by atoms with Crippen LogP contribution in [-0.4, -0.2) is 20.9 Å². The number of sulfonamides is 1. The maximum Gasteiger partial charge on any atom is 0.262 e. The zero-order chi connectivity index (χ0) is 20.4. The second kappa shape index (κ2) is 7.95. The molecule has 2 N–H and O–H groups in total. The average molecular weight is 401 g/mol. The Morgan fingerprint density at radius 3 is 2.32 bits per heavy atom. The van der Waals surface area contributed by atoms with Gasteiger partial charge >= 0.3 is 0 Å². The van der Waals surface area contributed by atoms with Gasteiger partial charge < -0.3 is 5.32 Å². The highest BCUT2D eigenvalue weighted by Gasteiger charge is 2.50. The Bertz CT molecular complexity index is 962. The van der Waals surface area contributed by atoms with Crippen LogP contribution in [0.3, 0.4) is 0 Å². The largest absolute Gasteiger partial charge is 0.355 e. The van der Waals surface area contributed by atoms with Crippen LogP contribution < -0.4 is 10.0 Å². The Labute approximate surface area is 167 Å². The Morgan fingerprint density at radius 1 is 1.07 bits per heavy atom. The van der Waals surface area contributed by atoms with Crippen molar-refractivity contribution >= 4 is 21.6 Å².